The van der Waals surface area contributed by atoms with Crippen molar-refractivity contribution < 1.29 is 19.0 Å². The highest BCUT2D eigenvalue weighted by molar-refractivity contribution is 5.90. The monoisotopic (exact) mass is 382 g/mol. The summed E-state index contributed by atoms with van der Waals surface area (Å²) in [6.45, 7) is 5.82. The molecule has 0 spiro atoms. The van der Waals surface area contributed by atoms with Gasteiger partial charge in [-0.3, -0.25) is 4.79 Å². The van der Waals surface area contributed by atoms with Crippen LogP contribution in [0.5, 0.6) is 11.5 Å². The SMILES string of the molecule is COc1ccc(/C=N\N2C(=O)[C@@H](OC(C)(C)C)[C@H]2c2ccc(OC)cc2)cc1. The number of methoxy groups -OCH3 is 2. The third-order valence-corrected chi connectivity index (χ3v) is 4.40. The van der Waals surface area contributed by atoms with Gasteiger partial charge in [0.05, 0.1) is 26.0 Å². The number of hydrazone groups is 1. The molecule has 6 nitrogen and oxygen atoms in total. The second kappa shape index (κ2) is 8.02. The Hall–Kier alpha value is -2.86. The molecule has 6 heteroatoms. The van der Waals surface area contributed by atoms with Crippen molar-refractivity contribution in [3.05, 3.63) is 59.7 Å². The molecule has 0 bridgehead atoms. The molecule has 0 saturated carbocycles. The van der Waals surface area contributed by atoms with E-state index in [-0.39, 0.29) is 11.9 Å². The van der Waals surface area contributed by atoms with Gasteiger partial charge in [-0.2, -0.15) is 5.10 Å². The summed E-state index contributed by atoms with van der Waals surface area (Å²) in [6.07, 6.45) is 1.10. The summed E-state index contributed by atoms with van der Waals surface area (Å²) in [5.74, 6) is 1.38. The van der Waals surface area contributed by atoms with E-state index in [1.807, 2.05) is 69.3 Å². The number of ether oxygens (including phenoxy) is 3. The van der Waals surface area contributed by atoms with Gasteiger partial charge in [-0.15, -0.1) is 0 Å². The maximum absolute atomic E-state index is 12.7. The molecule has 1 fully saturated rings. The second-order valence-corrected chi connectivity index (χ2v) is 7.57. The van der Waals surface area contributed by atoms with Gasteiger partial charge >= 0.3 is 0 Å². The Kier molecular flexibility index (Phi) is 5.70. The lowest BCUT2D eigenvalue weighted by molar-refractivity contribution is -0.191. The molecule has 0 N–H and O–H groups in total. The maximum atomic E-state index is 12.7. The van der Waals surface area contributed by atoms with Gasteiger partial charge in [0.15, 0.2) is 6.10 Å². The average Bonchev–Trinajstić information content (AvgIpc) is 2.69. The molecular formula is C22H26N2O4. The van der Waals surface area contributed by atoms with Crippen LogP contribution in [0, 0.1) is 0 Å². The Labute approximate surface area is 165 Å². The zero-order valence-corrected chi connectivity index (χ0v) is 16.9. The van der Waals surface area contributed by atoms with Crippen LogP contribution in [0.15, 0.2) is 53.6 Å². The minimum atomic E-state index is -0.568. The van der Waals surface area contributed by atoms with E-state index >= 15 is 0 Å². The molecule has 2 aromatic carbocycles. The summed E-state index contributed by atoms with van der Waals surface area (Å²) < 4.78 is 16.4. The molecular weight excluding hydrogens is 356 g/mol. The number of benzene rings is 2. The molecule has 1 aliphatic heterocycles. The first-order valence-corrected chi connectivity index (χ1v) is 9.15. The lowest BCUT2D eigenvalue weighted by Crippen LogP contribution is -2.59. The van der Waals surface area contributed by atoms with E-state index in [1.165, 1.54) is 5.01 Å². The molecule has 1 saturated heterocycles. The van der Waals surface area contributed by atoms with Crippen molar-refractivity contribution in [2.45, 2.75) is 38.5 Å². The van der Waals surface area contributed by atoms with Crippen LogP contribution in [-0.4, -0.2) is 43.1 Å². The third kappa shape index (κ3) is 4.34. The topological polar surface area (TPSA) is 60.4 Å². The van der Waals surface area contributed by atoms with Gasteiger partial charge < -0.3 is 14.2 Å². The van der Waals surface area contributed by atoms with Crippen molar-refractivity contribution in [1.29, 1.82) is 0 Å². The van der Waals surface area contributed by atoms with Crippen LogP contribution in [-0.2, 0) is 9.53 Å². The van der Waals surface area contributed by atoms with Gasteiger partial charge in [0.25, 0.3) is 5.91 Å². The van der Waals surface area contributed by atoms with Gasteiger partial charge in [-0.1, -0.05) is 12.1 Å². The number of β-lactam (4-membered cyclic amide) rings is 1. The summed E-state index contributed by atoms with van der Waals surface area (Å²) in [6, 6.07) is 14.8. The smallest absolute Gasteiger partial charge is 0.275 e. The molecule has 28 heavy (non-hydrogen) atoms. The molecule has 1 heterocycles. The Morgan fingerprint density at radius 2 is 1.46 bits per heavy atom. The Bertz CT molecular complexity index is 838. The zero-order chi connectivity index (χ0) is 20.3. The number of amides is 1. The molecule has 2 aromatic rings. The van der Waals surface area contributed by atoms with Crippen molar-refractivity contribution in [1.82, 2.24) is 5.01 Å². The Morgan fingerprint density at radius 3 is 1.96 bits per heavy atom. The molecule has 0 aliphatic carbocycles. The second-order valence-electron chi connectivity index (χ2n) is 7.57. The molecule has 3 rings (SSSR count). The predicted octanol–water partition coefficient (Wildman–Crippen LogP) is 3.80. The van der Waals surface area contributed by atoms with E-state index in [0.717, 1.165) is 22.6 Å². The van der Waals surface area contributed by atoms with Crippen LogP contribution in [0.4, 0.5) is 0 Å². The van der Waals surface area contributed by atoms with Crippen LogP contribution in [0.3, 0.4) is 0 Å². The largest absolute Gasteiger partial charge is 0.497 e. The molecule has 1 aliphatic rings. The molecule has 148 valence electrons. The maximum Gasteiger partial charge on any atom is 0.275 e. The Morgan fingerprint density at radius 1 is 0.929 bits per heavy atom. The standard InChI is InChI=1S/C22H26N2O4/c1-22(2,3)28-20-19(16-8-12-18(27-5)13-9-16)24(21(20)25)23-14-15-6-10-17(26-4)11-7-15/h6-14,19-20H,1-5H3/b23-14-/t19-,20+/m1/s1. The number of carbonyl (C=O) groups excluding carboxylic acids is 1. The minimum absolute atomic E-state index is 0.152. The van der Waals surface area contributed by atoms with Crippen molar-refractivity contribution in [3.63, 3.8) is 0 Å². The number of hydrogen-bond donors (Lipinski definition) is 0. The van der Waals surface area contributed by atoms with Crippen LogP contribution < -0.4 is 9.47 Å². The summed E-state index contributed by atoms with van der Waals surface area (Å²) in [7, 11) is 3.25. The highest BCUT2D eigenvalue weighted by atomic mass is 16.5. The molecule has 1 amide bonds. The van der Waals surface area contributed by atoms with Crippen molar-refractivity contribution >= 4 is 12.1 Å². The summed E-state index contributed by atoms with van der Waals surface area (Å²) in [5, 5.41) is 5.90. The lowest BCUT2D eigenvalue weighted by atomic mass is 9.92. The fraction of sp³-hybridized carbons (Fsp3) is 0.364. The first-order valence-electron chi connectivity index (χ1n) is 9.15. The van der Waals surface area contributed by atoms with Crippen molar-refractivity contribution in [3.8, 4) is 11.5 Å². The zero-order valence-electron chi connectivity index (χ0n) is 16.9. The molecule has 0 unspecified atom stereocenters. The minimum Gasteiger partial charge on any atom is -0.497 e. The van der Waals surface area contributed by atoms with Gasteiger partial charge in [-0.05, 0) is 68.3 Å². The summed E-state index contributed by atoms with van der Waals surface area (Å²) in [5.41, 5.74) is 1.39. The lowest BCUT2D eigenvalue weighted by Gasteiger charge is -2.45. The van der Waals surface area contributed by atoms with E-state index in [2.05, 4.69) is 5.10 Å². The summed E-state index contributed by atoms with van der Waals surface area (Å²) >= 11 is 0. The fourth-order valence-corrected chi connectivity index (χ4v) is 3.01. The van der Waals surface area contributed by atoms with E-state index in [9.17, 15) is 4.79 Å². The van der Waals surface area contributed by atoms with Gasteiger partial charge in [0.2, 0.25) is 0 Å². The normalized spacial score (nSPS) is 19.6. The number of carbonyl (C=O) groups is 1. The first-order chi connectivity index (χ1) is 13.3. The predicted molar refractivity (Wildman–Crippen MR) is 108 cm³/mol. The molecule has 2 atom stereocenters. The van der Waals surface area contributed by atoms with Crippen LogP contribution in [0.25, 0.3) is 0 Å². The summed E-state index contributed by atoms with van der Waals surface area (Å²) in [4.78, 5) is 12.7. The van der Waals surface area contributed by atoms with E-state index in [0.29, 0.717) is 0 Å². The van der Waals surface area contributed by atoms with Crippen molar-refractivity contribution in [2.24, 2.45) is 5.10 Å². The van der Waals surface area contributed by atoms with Crippen LogP contribution in [0.2, 0.25) is 0 Å². The average molecular weight is 382 g/mol. The highest BCUT2D eigenvalue weighted by Gasteiger charge is 2.51. The van der Waals surface area contributed by atoms with Crippen molar-refractivity contribution in [2.75, 3.05) is 14.2 Å². The van der Waals surface area contributed by atoms with E-state index in [4.69, 9.17) is 14.2 Å². The third-order valence-electron chi connectivity index (χ3n) is 4.40. The van der Waals surface area contributed by atoms with E-state index < -0.39 is 11.7 Å². The highest BCUT2D eigenvalue weighted by Crippen LogP contribution is 2.39. The van der Waals surface area contributed by atoms with Gasteiger partial charge in [-0.25, -0.2) is 5.01 Å². The quantitative estimate of drug-likeness (QED) is 0.563. The van der Waals surface area contributed by atoms with Crippen LogP contribution >= 0.6 is 0 Å². The Balaban J connectivity index is 1.84. The molecule has 0 radical (unpaired) electrons. The number of rotatable bonds is 6. The molecule has 0 aromatic heterocycles. The van der Waals surface area contributed by atoms with E-state index in [1.54, 1.807) is 20.4 Å². The number of nitrogens with zero attached hydrogens (tertiary/aromatic N) is 2. The van der Waals surface area contributed by atoms with Crippen LogP contribution in [0.1, 0.15) is 37.9 Å². The first kappa shape index (κ1) is 19.9. The van der Waals surface area contributed by atoms with Gasteiger partial charge in [0.1, 0.15) is 17.5 Å². The van der Waals surface area contributed by atoms with Gasteiger partial charge in [0, 0.05) is 0 Å². The fourth-order valence-electron chi connectivity index (χ4n) is 3.01. The number of hydrogen-bond acceptors (Lipinski definition) is 5.